The Hall–Kier alpha value is -2.58. The van der Waals surface area contributed by atoms with Crippen molar-refractivity contribution < 1.29 is 9.13 Å². The molecular formula is C20H20FN5OS. The summed E-state index contributed by atoms with van der Waals surface area (Å²) in [5.41, 5.74) is 2.20. The van der Waals surface area contributed by atoms with Gasteiger partial charge in [0.1, 0.15) is 6.10 Å². The molecule has 0 bridgehead atoms. The van der Waals surface area contributed by atoms with E-state index in [4.69, 9.17) is 4.74 Å². The van der Waals surface area contributed by atoms with Crippen molar-refractivity contribution in [3.63, 3.8) is 0 Å². The number of fused-ring (bicyclic) bond motifs is 1. The molecule has 144 valence electrons. The minimum absolute atomic E-state index is 0.152. The van der Waals surface area contributed by atoms with E-state index in [1.165, 1.54) is 11.9 Å². The molecule has 1 aliphatic carbocycles. The van der Waals surface area contributed by atoms with Crippen LogP contribution in [0.1, 0.15) is 36.4 Å². The summed E-state index contributed by atoms with van der Waals surface area (Å²) in [5.74, 6) is 1.42. The van der Waals surface area contributed by atoms with Crippen LogP contribution in [0.25, 0.3) is 0 Å². The van der Waals surface area contributed by atoms with E-state index >= 15 is 0 Å². The van der Waals surface area contributed by atoms with Gasteiger partial charge in [-0.1, -0.05) is 6.07 Å². The Morgan fingerprint density at radius 2 is 2.18 bits per heavy atom. The minimum atomic E-state index is -0.218. The number of halogens is 1. The van der Waals surface area contributed by atoms with Crippen LogP contribution in [0.15, 0.2) is 47.5 Å². The number of H-pyrrole nitrogens is 1. The lowest BCUT2D eigenvalue weighted by Gasteiger charge is -2.12. The monoisotopic (exact) mass is 397 g/mol. The maximum atomic E-state index is 14.6. The SMILES string of the molecule is Fc1c(Nc2cc(C3CCC(Oc4ccccn4)C3)[nH]n2)ccc2c1CNS2. The maximum Gasteiger partial charge on any atom is 0.213 e. The first-order valence-corrected chi connectivity index (χ1v) is 10.2. The lowest BCUT2D eigenvalue weighted by molar-refractivity contribution is 0.199. The number of hydrogen-bond donors (Lipinski definition) is 3. The lowest BCUT2D eigenvalue weighted by atomic mass is 10.0. The molecule has 0 spiro atoms. The number of nitrogens with one attached hydrogen (secondary N) is 3. The van der Waals surface area contributed by atoms with E-state index in [1.54, 1.807) is 12.3 Å². The Morgan fingerprint density at radius 3 is 3.07 bits per heavy atom. The predicted molar refractivity (Wildman–Crippen MR) is 106 cm³/mol. The first-order chi connectivity index (χ1) is 13.8. The average Bonchev–Trinajstić information content (AvgIpc) is 3.45. The van der Waals surface area contributed by atoms with Gasteiger partial charge in [-0.25, -0.2) is 9.37 Å². The van der Waals surface area contributed by atoms with E-state index in [0.717, 1.165) is 29.9 Å². The van der Waals surface area contributed by atoms with Crippen molar-refractivity contribution in [2.75, 3.05) is 5.32 Å². The summed E-state index contributed by atoms with van der Waals surface area (Å²) >= 11 is 1.46. The van der Waals surface area contributed by atoms with Gasteiger partial charge in [-0.3, -0.25) is 9.82 Å². The number of benzene rings is 1. The van der Waals surface area contributed by atoms with Crippen LogP contribution in [-0.4, -0.2) is 21.3 Å². The molecule has 1 aromatic carbocycles. The van der Waals surface area contributed by atoms with E-state index in [1.807, 2.05) is 30.3 Å². The molecule has 2 aromatic heterocycles. The highest BCUT2D eigenvalue weighted by molar-refractivity contribution is 7.97. The van der Waals surface area contributed by atoms with Gasteiger partial charge in [0.05, 0.1) is 5.69 Å². The molecule has 3 heterocycles. The highest BCUT2D eigenvalue weighted by Gasteiger charge is 2.29. The second kappa shape index (κ2) is 7.44. The quantitative estimate of drug-likeness (QED) is 0.550. The van der Waals surface area contributed by atoms with Crippen LogP contribution in [0.3, 0.4) is 0 Å². The molecule has 6 nitrogen and oxygen atoms in total. The van der Waals surface area contributed by atoms with E-state index in [0.29, 0.717) is 35.4 Å². The third-order valence-corrected chi connectivity index (χ3v) is 6.13. The molecule has 2 aliphatic rings. The maximum absolute atomic E-state index is 14.6. The van der Waals surface area contributed by atoms with E-state index in [9.17, 15) is 4.39 Å². The van der Waals surface area contributed by atoms with Crippen LogP contribution in [0.4, 0.5) is 15.9 Å². The van der Waals surface area contributed by atoms with Crippen molar-refractivity contribution in [1.82, 2.24) is 19.9 Å². The van der Waals surface area contributed by atoms with Crippen LogP contribution >= 0.6 is 11.9 Å². The molecular weight excluding hydrogens is 377 g/mol. The summed E-state index contributed by atoms with van der Waals surface area (Å²) in [6, 6.07) is 11.3. The predicted octanol–water partition coefficient (Wildman–Crippen LogP) is 4.51. The van der Waals surface area contributed by atoms with Crippen molar-refractivity contribution in [3.05, 3.63) is 59.7 Å². The zero-order valence-electron chi connectivity index (χ0n) is 15.1. The highest BCUT2D eigenvalue weighted by atomic mass is 32.2. The third-order valence-electron chi connectivity index (χ3n) is 5.24. The van der Waals surface area contributed by atoms with Crippen molar-refractivity contribution in [1.29, 1.82) is 0 Å². The number of aromatic nitrogens is 3. The van der Waals surface area contributed by atoms with Gasteiger partial charge >= 0.3 is 0 Å². The number of hydrogen-bond acceptors (Lipinski definition) is 6. The fraction of sp³-hybridized carbons (Fsp3) is 0.300. The molecule has 1 saturated carbocycles. The zero-order valence-corrected chi connectivity index (χ0v) is 15.9. The molecule has 2 unspecified atom stereocenters. The summed E-state index contributed by atoms with van der Waals surface area (Å²) in [6.45, 7) is 0.535. The lowest BCUT2D eigenvalue weighted by Crippen LogP contribution is -2.12. The smallest absolute Gasteiger partial charge is 0.213 e. The van der Waals surface area contributed by atoms with Gasteiger partial charge in [-0.05, 0) is 49.4 Å². The van der Waals surface area contributed by atoms with E-state index < -0.39 is 0 Å². The van der Waals surface area contributed by atoms with Crippen molar-refractivity contribution in [3.8, 4) is 5.88 Å². The van der Waals surface area contributed by atoms with Crippen molar-refractivity contribution in [2.45, 2.75) is 42.7 Å². The molecule has 8 heteroatoms. The molecule has 0 saturated heterocycles. The number of anilines is 2. The number of pyridine rings is 1. The largest absolute Gasteiger partial charge is 0.474 e. The number of aromatic amines is 1. The van der Waals surface area contributed by atoms with Gasteiger partial charge in [-0.15, -0.1) is 0 Å². The molecule has 28 heavy (non-hydrogen) atoms. The fourth-order valence-corrected chi connectivity index (χ4v) is 4.60. The average molecular weight is 397 g/mol. The summed E-state index contributed by atoms with van der Waals surface area (Å²) in [7, 11) is 0. The standard InChI is InChI=1S/C20H20FN5OS/c21-20-14-11-23-28-17(14)7-6-15(20)24-18-10-16(25-26-18)12-4-5-13(9-12)27-19-3-1-2-8-22-19/h1-3,6-8,10,12-13,23H,4-5,9,11H2,(H2,24,25,26). The Labute approximate surface area is 166 Å². The number of nitrogens with zero attached hydrogens (tertiary/aromatic N) is 2. The first kappa shape index (κ1) is 17.5. The Bertz CT molecular complexity index is 980. The van der Waals surface area contributed by atoms with Crippen LogP contribution in [0, 0.1) is 5.82 Å². The van der Waals surface area contributed by atoms with Crippen LogP contribution in [0.2, 0.25) is 0 Å². The molecule has 2 atom stereocenters. The highest BCUT2D eigenvalue weighted by Crippen LogP contribution is 2.37. The number of rotatable bonds is 5. The van der Waals surface area contributed by atoms with Gasteiger partial charge in [-0.2, -0.15) is 5.10 Å². The normalized spacial score (nSPS) is 20.9. The van der Waals surface area contributed by atoms with Crippen LogP contribution < -0.4 is 14.8 Å². The zero-order chi connectivity index (χ0) is 18.9. The Morgan fingerprint density at radius 1 is 1.21 bits per heavy atom. The molecule has 0 amide bonds. The topological polar surface area (TPSA) is 74.9 Å². The summed E-state index contributed by atoms with van der Waals surface area (Å²) in [5, 5.41) is 10.5. The Kier molecular flexibility index (Phi) is 4.66. The molecule has 5 rings (SSSR count). The van der Waals surface area contributed by atoms with Gasteiger partial charge in [0.15, 0.2) is 11.6 Å². The van der Waals surface area contributed by atoms with Crippen molar-refractivity contribution in [2.24, 2.45) is 0 Å². The second-order valence-electron chi connectivity index (χ2n) is 7.08. The van der Waals surface area contributed by atoms with Crippen molar-refractivity contribution >= 4 is 23.5 Å². The molecule has 0 radical (unpaired) electrons. The summed E-state index contributed by atoms with van der Waals surface area (Å²) in [4.78, 5) is 5.17. The van der Waals surface area contributed by atoms with Gasteiger partial charge in [0.2, 0.25) is 5.88 Å². The van der Waals surface area contributed by atoms with E-state index in [2.05, 4.69) is 25.2 Å². The molecule has 3 aromatic rings. The number of ether oxygens (including phenoxy) is 1. The third kappa shape index (κ3) is 3.45. The molecule has 3 N–H and O–H groups in total. The van der Waals surface area contributed by atoms with Crippen LogP contribution in [-0.2, 0) is 6.54 Å². The van der Waals surface area contributed by atoms with Gasteiger partial charge in [0.25, 0.3) is 0 Å². The van der Waals surface area contributed by atoms with Gasteiger partial charge < -0.3 is 10.1 Å². The fourth-order valence-electron chi connectivity index (χ4n) is 3.81. The molecule has 1 aliphatic heterocycles. The van der Waals surface area contributed by atoms with E-state index in [-0.39, 0.29) is 11.9 Å². The van der Waals surface area contributed by atoms with Crippen LogP contribution in [0.5, 0.6) is 5.88 Å². The minimum Gasteiger partial charge on any atom is -0.474 e. The summed E-state index contributed by atoms with van der Waals surface area (Å²) < 4.78 is 23.7. The molecule has 1 fully saturated rings. The second-order valence-corrected chi connectivity index (χ2v) is 8.01. The Balaban J connectivity index is 1.25. The summed E-state index contributed by atoms with van der Waals surface area (Å²) in [6.07, 6.45) is 4.80. The first-order valence-electron chi connectivity index (χ1n) is 9.37. The van der Waals surface area contributed by atoms with Gasteiger partial charge in [0, 0.05) is 46.9 Å².